The van der Waals surface area contributed by atoms with Crippen LogP contribution in [-0.2, 0) is 0 Å². The van der Waals surface area contributed by atoms with Crippen molar-refractivity contribution in [1.29, 1.82) is 0 Å². The fourth-order valence-corrected chi connectivity index (χ4v) is 9.02. The average Bonchev–Trinajstić information content (AvgIpc) is 3.99. The molecule has 0 aliphatic carbocycles. The molecule has 0 saturated carbocycles. The van der Waals surface area contributed by atoms with E-state index in [2.05, 4.69) is 10.2 Å². The van der Waals surface area contributed by atoms with E-state index in [9.17, 15) is 29.4 Å². The maximum atomic E-state index is 15.3. The zero-order valence-corrected chi connectivity index (χ0v) is 32.8. The molecule has 2 aromatic carbocycles. The van der Waals surface area contributed by atoms with Crippen molar-refractivity contribution < 1.29 is 38.1 Å². The molecule has 2 fully saturated rings. The second-order valence-electron chi connectivity index (χ2n) is 15.8. The summed E-state index contributed by atoms with van der Waals surface area (Å²) in [6.07, 6.45) is 13.3. The zero-order valence-electron chi connectivity index (χ0n) is 32.8. The topological polar surface area (TPSA) is 179 Å². The van der Waals surface area contributed by atoms with Crippen LogP contribution in [0.4, 0.5) is 20.2 Å². The highest BCUT2D eigenvalue weighted by molar-refractivity contribution is 5.98. The first-order chi connectivity index (χ1) is 28.9. The van der Waals surface area contributed by atoms with Gasteiger partial charge in [-0.15, -0.1) is 0 Å². The number of ether oxygens (including phenoxy) is 2. The monoisotopic (exact) mass is 824 g/mol. The molecule has 312 valence electrons. The predicted molar refractivity (Wildman–Crippen MR) is 216 cm³/mol. The van der Waals surface area contributed by atoms with Gasteiger partial charge in [0.1, 0.15) is 35.7 Å². The van der Waals surface area contributed by atoms with Gasteiger partial charge in [0, 0.05) is 63.4 Å². The van der Waals surface area contributed by atoms with E-state index in [-0.39, 0.29) is 59.3 Å². The van der Waals surface area contributed by atoms with Crippen molar-refractivity contribution in [2.24, 2.45) is 0 Å². The van der Waals surface area contributed by atoms with Gasteiger partial charge in [0.15, 0.2) is 23.1 Å². The van der Waals surface area contributed by atoms with Crippen molar-refractivity contribution in [1.82, 2.24) is 28.7 Å². The van der Waals surface area contributed by atoms with Crippen LogP contribution in [0, 0.1) is 11.6 Å². The van der Waals surface area contributed by atoms with E-state index >= 15 is 8.78 Å². The van der Waals surface area contributed by atoms with Crippen molar-refractivity contribution in [2.75, 3.05) is 49.2 Å². The number of halogens is 2. The van der Waals surface area contributed by atoms with Gasteiger partial charge >= 0.3 is 11.9 Å². The second-order valence-corrected chi connectivity index (χ2v) is 15.8. The van der Waals surface area contributed by atoms with Gasteiger partial charge in [0.2, 0.25) is 10.9 Å². The number of anilines is 2. The van der Waals surface area contributed by atoms with Crippen LogP contribution < -0.4 is 30.1 Å². The number of piperidine rings is 2. The summed E-state index contributed by atoms with van der Waals surface area (Å²) < 4.78 is 49.7. The van der Waals surface area contributed by atoms with Gasteiger partial charge in [-0.1, -0.05) is 0 Å². The van der Waals surface area contributed by atoms with Gasteiger partial charge in [-0.3, -0.25) is 19.0 Å². The lowest BCUT2D eigenvalue weighted by Crippen LogP contribution is -2.36. The first-order valence-corrected chi connectivity index (χ1v) is 19.9. The minimum absolute atomic E-state index is 0.0316. The predicted octanol–water partition coefficient (Wildman–Crippen LogP) is 5.66. The first-order valence-electron chi connectivity index (χ1n) is 19.9. The number of aromatic nitrogens is 6. The molecular formula is C42H42F2N8O8. The molecule has 4 aromatic heterocycles. The number of carbonyl (C=O) groups is 2. The standard InChI is InChI=1S/2C21H21FN4O4/c2*1-12-11-30-20-17-14(19(27)15(21(28)29)10-25(12)17)9-16(22)18(20)24-7-3-13(4-8-24)26-6-2-5-23-26/h2*2,5-6,9-10,12-13H,3-4,7-8,11H2,1H3,(H,28,29)/t2*12-/m00/s1. The van der Waals surface area contributed by atoms with E-state index in [1.165, 1.54) is 12.4 Å². The Morgan fingerprint density at radius 2 is 1.05 bits per heavy atom. The Labute approximate surface area is 340 Å². The van der Waals surface area contributed by atoms with E-state index in [1.54, 1.807) is 21.5 Å². The number of rotatable bonds is 6. The summed E-state index contributed by atoms with van der Waals surface area (Å²) in [5, 5.41) is 27.5. The van der Waals surface area contributed by atoms with E-state index < -0.39 is 34.4 Å². The molecule has 0 amide bonds. The fourth-order valence-electron chi connectivity index (χ4n) is 9.02. The molecule has 16 nitrogen and oxygen atoms in total. The molecule has 8 heterocycles. The van der Waals surface area contributed by atoms with Crippen molar-refractivity contribution in [3.05, 3.63) is 105 Å². The van der Waals surface area contributed by atoms with Crippen LogP contribution in [-0.4, -0.2) is 90.2 Å². The molecule has 4 aliphatic rings. The molecule has 10 rings (SSSR count). The Kier molecular flexibility index (Phi) is 9.79. The molecular weight excluding hydrogens is 783 g/mol. The number of carboxylic acids is 2. The number of hydrogen-bond acceptors (Lipinski definition) is 10. The summed E-state index contributed by atoms with van der Waals surface area (Å²) in [5.41, 5.74) is -0.548. The first kappa shape index (κ1) is 38.8. The van der Waals surface area contributed by atoms with Gasteiger partial charge in [-0.05, 0) is 63.8 Å². The van der Waals surface area contributed by atoms with Crippen molar-refractivity contribution in [2.45, 2.75) is 63.7 Å². The molecule has 18 heteroatoms. The van der Waals surface area contributed by atoms with Crippen LogP contribution in [0.1, 0.15) is 84.4 Å². The fraction of sp³-hybridized carbons (Fsp3) is 0.381. The number of pyridine rings is 2. The molecule has 60 heavy (non-hydrogen) atoms. The number of benzene rings is 2. The van der Waals surface area contributed by atoms with Gasteiger partial charge in [-0.2, -0.15) is 10.2 Å². The smallest absolute Gasteiger partial charge is 0.341 e. The third kappa shape index (κ3) is 6.49. The third-order valence-electron chi connectivity index (χ3n) is 12.1. The number of hydrogen-bond donors (Lipinski definition) is 2. The van der Waals surface area contributed by atoms with Gasteiger partial charge in [0.05, 0.1) is 46.0 Å². The van der Waals surface area contributed by atoms with E-state index in [0.717, 1.165) is 37.8 Å². The summed E-state index contributed by atoms with van der Waals surface area (Å²) in [7, 11) is 0. The van der Waals surface area contributed by atoms with Crippen molar-refractivity contribution >= 4 is 45.1 Å². The van der Waals surface area contributed by atoms with Gasteiger partial charge < -0.3 is 38.6 Å². The Morgan fingerprint density at radius 1 is 0.667 bits per heavy atom. The summed E-state index contributed by atoms with van der Waals surface area (Å²) in [5.74, 6) is -3.16. The second kappa shape index (κ2) is 15.1. The van der Waals surface area contributed by atoms with Crippen LogP contribution in [0.2, 0.25) is 0 Å². The average molecular weight is 825 g/mol. The van der Waals surface area contributed by atoms with E-state index in [0.29, 0.717) is 60.1 Å². The number of carboxylic acid groups (broad SMARTS) is 2. The molecule has 4 aliphatic heterocycles. The summed E-state index contributed by atoms with van der Waals surface area (Å²) >= 11 is 0. The van der Waals surface area contributed by atoms with Crippen LogP contribution >= 0.6 is 0 Å². The minimum Gasteiger partial charge on any atom is -0.487 e. The van der Waals surface area contributed by atoms with Crippen LogP contribution in [0.25, 0.3) is 21.8 Å². The third-order valence-corrected chi connectivity index (χ3v) is 12.1. The van der Waals surface area contributed by atoms with Crippen molar-refractivity contribution in [3.8, 4) is 11.5 Å². The summed E-state index contributed by atoms with van der Waals surface area (Å²) in [6.45, 7) is 6.77. The lowest BCUT2D eigenvalue weighted by molar-refractivity contribution is 0.0683. The maximum absolute atomic E-state index is 15.3. The van der Waals surface area contributed by atoms with E-state index in [4.69, 9.17) is 9.47 Å². The van der Waals surface area contributed by atoms with Crippen LogP contribution in [0.15, 0.2) is 71.0 Å². The molecule has 0 spiro atoms. The Morgan fingerprint density at radius 3 is 1.38 bits per heavy atom. The molecule has 6 aromatic rings. The summed E-state index contributed by atoms with van der Waals surface area (Å²) in [4.78, 5) is 52.3. The number of aromatic carboxylic acids is 2. The largest absolute Gasteiger partial charge is 0.487 e. The number of nitrogens with zero attached hydrogens (tertiary/aromatic N) is 8. The molecule has 0 radical (unpaired) electrons. The highest BCUT2D eigenvalue weighted by Crippen LogP contribution is 2.45. The highest BCUT2D eigenvalue weighted by Gasteiger charge is 2.34. The molecule has 2 N–H and O–H groups in total. The molecule has 2 atom stereocenters. The molecule has 0 unspecified atom stereocenters. The van der Waals surface area contributed by atoms with Crippen molar-refractivity contribution in [3.63, 3.8) is 0 Å². The Balaban J connectivity index is 0.000000154. The lowest BCUT2D eigenvalue weighted by atomic mass is 10.0. The lowest BCUT2D eigenvalue weighted by Gasteiger charge is -2.36. The quantitative estimate of drug-likeness (QED) is 0.211. The highest BCUT2D eigenvalue weighted by atomic mass is 19.1. The van der Waals surface area contributed by atoms with Crippen LogP contribution in [0.3, 0.4) is 0 Å². The SMILES string of the molecule is C[C@H]1COc2c(N3CCC(n4cccn4)CC3)c(F)cc3c(=O)c(C(=O)O)cn1c23.C[C@H]1COc2c(N3CCC(n4cccn4)CC3)c(F)cc3c(=O)c(C(=O)O)cn1c23. The minimum atomic E-state index is -1.32. The summed E-state index contributed by atoms with van der Waals surface area (Å²) in [6, 6.07) is 6.24. The zero-order chi connectivity index (χ0) is 42.0. The Bertz CT molecular complexity index is 2580. The van der Waals surface area contributed by atoms with Gasteiger partial charge in [-0.25, -0.2) is 18.4 Å². The molecule has 2 saturated heterocycles. The Hall–Kier alpha value is -6.72. The van der Waals surface area contributed by atoms with E-state index in [1.807, 2.05) is 57.5 Å². The van der Waals surface area contributed by atoms with Crippen LogP contribution in [0.5, 0.6) is 11.5 Å². The normalized spacial score (nSPS) is 19.1. The molecule has 0 bridgehead atoms. The van der Waals surface area contributed by atoms with Gasteiger partial charge in [0.25, 0.3) is 0 Å². The maximum Gasteiger partial charge on any atom is 0.341 e.